The van der Waals surface area contributed by atoms with E-state index in [0.29, 0.717) is 11.2 Å². The van der Waals surface area contributed by atoms with Gasteiger partial charge in [-0.1, -0.05) is 32.9 Å². The molecule has 1 fully saturated rings. The molecule has 178 valence electrons. The Morgan fingerprint density at radius 2 is 1.77 bits per heavy atom. The number of H-pyrrole nitrogens is 1. The number of nitriles is 1. The first-order valence-corrected chi connectivity index (χ1v) is 11.9. The van der Waals surface area contributed by atoms with Crippen molar-refractivity contribution in [2.45, 2.75) is 45.4 Å². The zero-order valence-electron chi connectivity index (χ0n) is 20.2. The molecule has 0 aliphatic carbocycles. The van der Waals surface area contributed by atoms with E-state index in [2.05, 4.69) is 59.1 Å². The second kappa shape index (κ2) is 8.70. The van der Waals surface area contributed by atoms with Gasteiger partial charge in [0.25, 0.3) is 0 Å². The summed E-state index contributed by atoms with van der Waals surface area (Å²) >= 11 is 0. The van der Waals surface area contributed by atoms with E-state index >= 15 is 0 Å². The van der Waals surface area contributed by atoms with E-state index in [1.165, 1.54) is 31.4 Å². The van der Waals surface area contributed by atoms with E-state index in [1.54, 1.807) is 0 Å². The number of hydrogen-bond acceptors (Lipinski definition) is 5. The van der Waals surface area contributed by atoms with E-state index in [-0.39, 0.29) is 28.0 Å². The van der Waals surface area contributed by atoms with Crippen LogP contribution in [0.15, 0.2) is 42.5 Å². The first-order valence-electron chi connectivity index (χ1n) is 11.9. The first kappa shape index (κ1) is 22.9. The van der Waals surface area contributed by atoms with Gasteiger partial charge in [0.2, 0.25) is 0 Å². The maximum absolute atomic E-state index is 14.9. The SMILES string of the molecule is CC(C)(C)c1[nH]nc2nc(-c3ccc(O)cc3F)c(C#N)c(-c3ccc(N4CCCCC4)cc3)c12. The number of aromatic nitrogens is 3. The molecule has 2 aromatic carbocycles. The fourth-order valence-electron chi connectivity index (χ4n) is 4.88. The van der Waals surface area contributed by atoms with Gasteiger partial charge in [-0.15, -0.1) is 0 Å². The number of nitrogens with zero attached hydrogens (tertiary/aromatic N) is 4. The fraction of sp³-hybridized carbons (Fsp3) is 0.321. The Kier molecular flexibility index (Phi) is 5.68. The number of rotatable bonds is 3. The van der Waals surface area contributed by atoms with Crippen molar-refractivity contribution in [1.29, 1.82) is 5.26 Å². The lowest BCUT2D eigenvalue weighted by Crippen LogP contribution is -2.29. The number of pyridine rings is 1. The van der Waals surface area contributed by atoms with Crippen LogP contribution in [-0.2, 0) is 5.41 Å². The average Bonchev–Trinajstić information content (AvgIpc) is 3.28. The maximum atomic E-state index is 14.9. The summed E-state index contributed by atoms with van der Waals surface area (Å²) < 4.78 is 14.9. The molecule has 2 N–H and O–H groups in total. The zero-order chi connectivity index (χ0) is 24.7. The predicted molar refractivity (Wildman–Crippen MR) is 136 cm³/mol. The lowest BCUT2D eigenvalue weighted by atomic mass is 9.85. The van der Waals surface area contributed by atoms with Crippen LogP contribution in [0.4, 0.5) is 10.1 Å². The molecule has 0 bridgehead atoms. The third-order valence-electron chi connectivity index (χ3n) is 6.65. The smallest absolute Gasteiger partial charge is 0.182 e. The van der Waals surface area contributed by atoms with E-state index < -0.39 is 5.82 Å². The van der Waals surface area contributed by atoms with Gasteiger partial charge < -0.3 is 10.0 Å². The quantitative estimate of drug-likeness (QED) is 0.368. The van der Waals surface area contributed by atoms with Gasteiger partial charge in [0, 0.05) is 41.4 Å². The summed E-state index contributed by atoms with van der Waals surface area (Å²) in [4.78, 5) is 7.01. The number of fused-ring (bicyclic) bond motifs is 1. The van der Waals surface area contributed by atoms with Crippen LogP contribution in [-0.4, -0.2) is 33.4 Å². The summed E-state index contributed by atoms with van der Waals surface area (Å²) in [6, 6.07) is 14.4. The maximum Gasteiger partial charge on any atom is 0.182 e. The highest BCUT2D eigenvalue weighted by Crippen LogP contribution is 2.41. The minimum Gasteiger partial charge on any atom is -0.508 e. The summed E-state index contributed by atoms with van der Waals surface area (Å²) in [6.07, 6.45) is 3.65. The monoisotopic (exact) mass is 469 g/mol. The van der Waals surface area contributed by atoms with Gasteiger partial charge in [-0.25, -0.2) is 9.37 Å². The molecule has 0 unspecified atom stereocenters. The number of anilines is 1. The molecule has 1 aliphatic rings. The van der Waals surface area contributed by atoms with E-state index in [0.717, 1.165) is 41.5 Å². The molecule has 1 aliphatic heterocycles. The first-order chi connectivity index (χ1) is 16.8. The van der Waals surface area contributed by atoms with Gasteiger partial charge in [0.1, 0.15) is 17.6 Å². The second-order valence-electron chi connectivity index (χ2n) is 10.1. The zero-order valence-corrected chi connectivity index (χ0v) is 20.2. The van der Waals surface area contributed by atoms with Crippen molar-refractivity contribution in [3.05, 3.63) is 59.5 Å². The standard InChI is InChI=1S/C28H28FN5O/c1-28(2,3)26-24-23(17-7-9-18(10-8-17)34-13-5-4-6-14-34)21(16-30)25(31-27(24)33-32-26)20-12-11-19(35)15-22(20)29/h7-12,15,35H,4-6,13-14H2,1-3H3,(H,31,32,33). The molecule has 4 aromatic rings. The van der Waals surface area contributed by atoms with Crippen molar-refractivity contribution in [3.63, 3.8) is 0 Å². The molecule has 7 heteroatoms. The van der Waals surface area contributed by atoms with Crippen LogP contribution in [0.2, 0.25) is 0 Å². The van der Waals surface area contributed by atoms with Crippen molar-refractivity contribution in [2.24, 2.45) is 0 Å². The summed E-state index contributed by atoms with van der Waals surface area (Å²) in [5.41, 5.74) is 4.33. The van der Waals surface area contributed by atoms with Crippen molar-refractivity contribution >= 4 is 16.7 Å². The van der Waals surface area contributed by atoms with Gasteiger partial charge in [-0.3, -0.25) is 5.10 Å². The number of benzene rings is 2. The Labute approximate surface area is 204 Å². The molecule has 0 atom stereocenters. The number of phenols is 1. The number of aromatic amines is 1. The molecule has 0 saturated carbocycles. The molecule has 0 radical (unpaired) electrons. The van der Waals surface area contributed by atoms with Crippen molar-refractivity contribution in [3.8, 4) is 34.2 Å². The van der Waals surface area contributed by atoms with Gasteiger partial charge in [-0.05, 0) is 49.1 Å². The molecule has 5 rings (SSSR count). The fourth-order valence-corrected chi connectivity index (χ4v) is 4.88. The molecule has 1 saturated heterocycles. The molecule has 3 heterocycles. The molecular weight excluding hydrogens is 441 g/mol. The Morgan fingerprint density at radius 3 is 2.40 bits per heavy atom. The average molecular weight is 470 g/mol. The van der Waals surface area contributed by atoms with Crippen molar-refractivity contribution in [1.82, 2.24) is 15.2 Å². The largest absolute Gasteiger partial charge is 0.508 e. The third-order valence-corrected chi connectivity index (χ3v) is 6.65. The Hall–Kier alpha value is -3.92. The van der Waals surface area contributed by atoms with Crippen molar-refractivity contribution < 1.29 is 9.50 Å². The van der Waals surface area contributed by atoms with E-state index in [1.807, 2.05) is 12.1 Å². The van der Waals surface area contributed by atoms with Gasteiger partial charge in [0.05, 0.1) is 22.3 Å². The normalized spacial score (nSPS) is 14.3. The molecule has 0 spiro atoms. The van der Waals surface area contributed by atoms with Crippen LogP contribution in [0.3, 0.4) is 0 Å². The number of aromatic hydroxyl groups is 1. The molecular formula is C28H28FN5O. The number of nitrogens with one attached hydrogen (secondary N) is 1. The number of piperidine rings is 1. The van der Waals surface area contributed by atoms with Gasteiger partial charge in [0.15, 0.2) is 5.65 Å². The molecule has 0 amide bonds. The highest BCUT2D eigenvalue weighted by molar-refractivity contribution is 6.01. The predicted octanol–water partition coefficient (Wildman–Crippen LogP) is 6.30. The van der Waals surface area contributed by atoms with Crippen LogP contribution in [0.25, 0.3) is 33.4 Å². The molecule has 2 aromatic heterocycles. The Balaban J connectivity index is 1.77. The van der Waals surface area contributed by atoms with Crippen LogP contribution in [0, 0.1) is 17.1 Å². The Bertz CT molecular complexity index is 1440. The molecule has 35 heavy (non-hydrogen) atoms. The van der Waals surface area contributed by atoms with Crippen molar-refractivity contribution in [2.75, 3.05) is 18.0 Å². The summed E-state index contributed by atoms with van der Waals surface area (Å²) in [5, 5.41) is 28.3. The minimum absolute atomic E-state index is 0.146. The van der Waals surface area contributed by atoms with Crippen LogP contribution < -0.4 is 4.90 Å². The second-order valence-corrected chi connectivity index (χ2v) is 10.1. The summed E-state index contributed by atoms with van der Waals surface area (Å²) in [7, 11) is 0. The highest BCUT2D eigenvalue weighted by Gasteiger charge is 2.28. The summed E-state index contributed by atoms with van der Waals surface area (Å²) in [6.45, 7) is 8.30. The van der Waals surface area contributed by atoms with Crippen LogP contribution >= 0.6 is 0 Å². The van der Waals surface area contributed by atoms with Gasteiger partial charge >= 0.3 is 0 Å². The lowest BCUT2D eigenvalue weighted by Gasteiger charge is -2.29. The van der Waals surface area contributed by atoms with Crippen LogP contribution in [0.5, 0.6) is 5.75 Å². The number of hydrogen-bond donors (Lipinski definition) is 2. The topological polar surface area (TPSA) is 88.8 Å². The minimum atomic E-state index is -0.647. The highest BCUT2D eigenvalue weighted by atomic mass is 19.1. The van der Waals surface area contributed by atoms with Crippen LogP contribution in [0.1, 0.15) is 51.3 Å². The third kappa shape index (κ3) is 4.10. The lowest BCUT2D eigenvalue weighted by molar-refractivity contribution is 0.469. The Morgan fingerprint density at radius 1 is 1.06 bits per heavy atom. The summed E-state index contributed by atoms with van der Waals surface area (Å²) in [5.74, 6) is -0.833. The number of phenolic OH excluding ortho intramolecular Hbond substituents is 1. The van der Waals surface area contributed by atoms with E-state index in [4.69, 9.17) is 0 Å². The van der Waals surface area contributed by atoms with E-state index in [9.17, 15) is 14.8 Å². The molecule has 6 nitrogen and oxygen atoms in total. The van der Waals surface area contributed by atoms with Gasteiger partial charge in [-0.2, -0.15) is 10.4 Å². The number of halogens is 1.